The maximum Gasteiger partial charge on any atom is 0.340 e. The number of nitrogens with zero attached hydrogens (tertiary/aromatic N) is 2. The van der Waals surface area contributed by atoms with Gasteiger partial charge in [0.2, 0.25) is 11.8 Å². The van der Waals surface area contributed by atoms with Gasteiger partial charge < -0.3 is 14.0 Å². The minimum atomic E-state index is -0.643. The van der Waals surface area contributed by atoms with E-state index >= 15 is 0 Å². The first-order chi connectivity index (χ1) is 12.4. The molecule has 2 saturated heterocycles. The summed E-state index contributed by atoms with van der Waals surface area (Å²) in [6, 6.07) is 0. The first-order valence-electron chi connectivity index (χ1n) is 8.30. The van der Waals surface area contributed by atoms with Gasteiger partial charge in [-0.2, -0.15) is 0 Å². The highest BCUT2D eigenvalue weighted by molar-refractivity contribution is 8.00. The molecular weight excluding hydrogens is 360 g/mol. The fourth-order valence-corrected chi connectivity index (χ4v) is 6.44. The van der Waals surface area contributed by atoms with Gasteiger partial charge in [-0.3, -0.25) is 14.5 Å². The summed E-state index contributed by atoms with van der Waals surface area (Å²) < 4.78 is 11.6. The van der Waals surface area contributed by atoms with E-state index < -0.39 is 23.8 Å². The lowest BCUT2D eigenvalue weighted by atomic mass is 9.86. The smallest absolute Gasteiger partial charge is 0.340 e. The molecule has 9 heteroatoms. The van der Waals surface area contributed by atoms with Gasteiger partial charge in [-0.1, -0.05) is 0 Å². The highest BCUT2D eigenvalue weighted by atomic mass is 32.2. The topological polar surface area (TPSA) is 94.9 Å². The normalized spacial score (nSPS) is 28.4. The average Bonchev–Trinajstić information content (AvgIpc) is 3.33. The second-order valence-electron chi connectivity index (χ2n) is 6.49. The van der Waals surface area contributed by atoms with Crippen LogP contribution in [0.3, 0.4) is 0 Å². The highest BCUT2D eigenvalue weighted by Crippen LogP contribution is 2.67. The number of thioether (sulfide) groups is 1. The Bertz CT molecular complexity index is 875. The lowest BCUT2D eigenvalue weighted by Gasteiger charge is -2.23. The van der Waals surface area contributed by atoms with Crippen LogP contribution < -0.4 is 0 Å². The summed E-state index contributed by atoms with van der Waals surface area (Å²) in [7, 11) is 2.49. The van der Waals surface area contributed by atoms with Crippen LogP contribution in [-0.2, 0) is 19.1 Å². The van der Waals surface area contributed by atoms with Crippen LogP contribution in [-0.4, -0.2) is 54.0 Å². The van der Waals surface area contributed by atoms with E-state index in [0.717, 1.165) is 0 Å². The largest absolute Gasteiger partial charge is 0.465 e. The molecule has 2 fully saturated rings. The van der Waals surface area contributed by atoms with Crippen molar-refractivity contribution in [3.8, 4) is 0 Å². The molecule has 0 unspecified atom stereocenters. The van der Waals surface area contributed by atoms with Gasteiger partial charge in [0.25, 0.3) is 0 Å². The zero-order valence-corrected chi connectivity index (χ0v) is 15.6. The summed E-state index contributed by atoms with van der Waals surface area (Å²) in [5, 5.41) is -0.668. The van der Waals surface area contributed by atoms with E-state index in [0.29, 0.717) is 17.9 Å². The molecule has 138 valence electrons. The molecule has 0 spiro atoms. The summed E-state index contributed by atoms with van der Waals surface area (Å²) in [6.07, 6.45) is 0. The maximum atomic E-state index is 12.7. The molecule has 0 aliphatic carbocycles. The Labute approximate surface area is 153 Å². The quantitative estimate of drug-likeness (QED) is 0.578. The van der Waals surface area contributed by atoms with Crippen molar-refractivity contribution in [1.29, 1.82) is 0 Å². The van der Waals surface area contributed by atoms with E-state index in [1.165, 1.54) is 30.9 Å². The van der Waals surface area contributed by atoms with E-state index in [1.807, 2.05) is 4.57 Å². The molecule has 0 N–H and O–H groups in total. The minimum Gasteiger partial charge on any atom is -0.465 e. The first kappa shape index (κ1) is 17.1. The standard InChI is InChI=1S/C17H18N2O6S/c1-5-18-13(20)9-10(14(18)21)15-19-6(2)7(16(22)24-3)8(17(23)25-4)11(19)12(9)26-15/h9-10,12,15H,5H2,1-4H3/t9-,10-,12-,15+/m1/s1. The predicted octanol–water partition coefficient (Wildman–Crippen LogP) is 1.29. The number of imide groups is 1. The molecule has 26 heavy (non-hydrogen) atoms. The summed E-state index contributed by atoms with van der Waals surface area (Å²) in [5.74, 6) is -2.63. The van der Waals surface area contributed by atoms with Crippen molar-refractivity contribution in [2.24, 2.45) is 11.8 Å². The Hall–Kier alpha value is -2.29. The van der Waals surface area contributed by atoms with Crippen molar-refractivity contribution in [2.75, 3.05) is 20.8 Å². The third-order valence-electron chi connectivity index (χ3n) is 5.52. The van der Waals surface area contributed by atoms with Gasteiger partial charge >= 0.3 is 11.9 Å². The number of esters is 2. The van der Waals surface area contributed by atoms with Crippen LogP contribution in [0.4, 0.5) is 0 Å². The Morgan fingerprint density at radius 2 is 1.62 bits per heavy atom. The number of methoxy groups -OCH3 is 2. The van der Waals surface area contributed by atoms with E-state index in [9.17, 15) is 19.2 Å². The molecule has 3 aliphatic heterocycles. The molecule has 0 aromatic carbocycles. The summed E-state index contributed by atoms with van der Waals surface area (Å²) in [5.41, 5.74) is 1.44. The minimum absolute atomic E-state index is 0.144. The number of hydrogen-bond donors (Lipinski definition) is 0. The Kier molecular flexibility index (Phi) is 3.69. The first-order valence-corrected chi connectivity index (χ1v) is 9.25. The molecule has 2 bridgehead atoms. The van der Waals surface area contributed by atoms with Crippen LogP contribution >= 0.6 is 11.8 Å². The number of fused-ring (bicyclic) bond motifs is 8. The van der Waals surface area contributed by atoms with Crippen LogP contribution in [0, 0.1) is 18.8 Å². The zero-order chi connectivity index (χ0) is 18.9. The summed E-state index contributed by atoms with van der Waals surface area (Å²) >= 11 is 1.50. The fraction of sp³-hybridized carbons (Fsp3) is 0.529. The van der Waals surface area contributed by atoms with Gasteiger partial charge in [0.1, 0.15) is 0 Å². The molecule has 3 aliphatic rings. The van der Waals surface area contributed by atoms with E-state index in [4.69, 9.17) is 9.47 Å². The van der Waals surface area contributed by atoms with Gasteiger partial charge in [-0.05, 0) is 13.8 Å². The van der Waals surface area contributed by atoms with Crippen LogP contribution in [0.1, 0.15) is 49.7 Å². The molecule has 4 atom stereocenters. The number of aromatic nitrogens is 1. The Morgan fingerprint density at radius 1 is 1.04 bits per heavy atom. The molecule has 4 heterocycles. The summed E-state index contributed by atoms with van der Waals surface area (Å²) in [6.45, 7) is 3.82. The van der Waals surface area contributed by atoms with Crippen molar-refractivity contribution < 1.29 is 28.7 Å². The van der Waals surface area contributed by atoms with Crippen molar-refractivity contribution >= 4 is 35.5 Å². The molecule has 1 aromatic rings. The van der Waals surface area contributed by atoms with E-state index in [1.54, 1.807) is 13.8 Å². The molecular formula is C17H18N2O6S. The van der Waals surface area contributed by atoms with E-state index in [2.05, 4.69) is 0 Å². The van der Waals surface area contributed by atoms with Gasteiger partial charge in [0.15, 0.2) is 0 Å². The number of likely N-dealkylation sites (tertiary alicyclic amines) is 1. The Morgan fingerprint density at radius 3 is 2.19 bits per heavy atom. The third-order valence-corrected chi connectivity index (χ3v) is 7.11. The molecule has 4 rings (SSSR count). The van der Waals surface area contributed by atoms with Crippen molar-refractivity contribution in [3.63, 3.8) is 0 Å². The van der Waals surface area contributed by atoms with Gasteiger partial charge in [-0.25, -0.2) is 9.59 Å². The van der Waals surface area contributed by atoms with Crippen molar-refractivity contribution in [1.82, 2.24) is 9.47 Å². The summed E-state index contributed by atoms with van der Waals surface area (Å²) in [4.78, 5) is 51.5. The van der Waals surface area contributed by atoms with Gasteiger partial charge in [0, 0.05) is 17.9 Å². The van der Waals surface area contributed by atoms with Gasteiger partial charge in [0.05, 0.1) is 47.8 Å². The fourth-order valence-electron chi connectivity index (χ4n) is 4.48. The van der Waals surface area contributed by atoms with Gasteiger partial charge in [-0.15, -0.1) is 11.8 Å². The number of ether oxygens (including phenoxy) is 2. The monoisotopic (exact) mass is 378 g/mol. The number of rotatable bonds is 3. The Balaban J connectivity index is 1.93. The van der Waals surface area contributed by atoms with Crippen LogP contribution in [0.25, 0.3) is 0 Å². The van der Waals surface area contributed by atoms with Crippen molar-refractivity contribution in [3.05, 3.63) is 22.5 Å². The third kappa shape index (κ3) is 1.81. The van der Waals surface area contributed by atoms with Crippen LogP contribution in [0.5, 0.6) is 0 Å². The van der Waals surface area contributed by atoms with Crippen molar-refractivity contribution in [2.45, 2.75) is 24.5 Å². The average molecular weight is 378 g/mol. The molecule has 0 saturated carbocycles. The SMILES string of the molecule is CCN1C(=O)[C@@H]2[C@H](C1=O)[C@@H]1S[C@H]2c2c(C(=O)OC)c(C(=O)OC)c(C)n21. The molecule has 1 aromatic heterocycles. The highest BCUT2D eigenvalue weighted by Gasteiger charge is 2.65. The number of amides is 2. The maximum absolute atomic E-state index is 12.7. The van der Waals surface area contributed by atoms with Crippen LogP contribution in [0.2, 0.25) is 0 Å². The second kappa shape index (κ2) is 5.60. The number of carbonyl (C=O) groups excluding carboxylic acids is 4. The molecule has 0 radical (unpaired) electrons. The number of hydrogen-bond acceptors (Lipinski definition) is 7. The second-order valence-corrected chi connectivity index (χ2v) is 7.76. The lowest BCUT2D eigenvalue weighted by Crippen LogP contribution is -2.32. The number of carbonyl (C=O) groups is 4. The molecule has 2 amide bonds. The van der Waals surface area contributed by atoms with Crippen LogP contribution in [0.15, 0.2) is 0 Å². The van der Waals surface area contributed by atoms with E-state index in [-0.39, 0.29) is 33.6 Å². The predicted molar refractivity (Wildman–Crippen MR) is 90.6 cm³/mol. The zero-order valence-electron chi connectivity index (χ0n) is 14.8. The molecule has 8 nitrogen and oxygen atoms in total. The lowest BCUT2D eigenvalue weighted by molar-refractivity contribution is -0.139.